The average Bonchev–Trinajstić information content (AvgIpc) is 1.89. The molecule has 0 N–H and O–H groups in total. The minimum Gasteiger partial charge on any atom is -0.344 e. The molecule has 0 spiro atoms. The van der Waals surface area contributed by atoms with Crippen LogP contribution in [0.25, 0.3) is 0 Å². The molecule has 0 aliphatic heterocycles. The predicted molar refractivity (Wildman–Crippen MR) is 48.0 cm³/mol. The van der Waals surface area contributed by atoms with Crippen LogP contribution in [-0.2, 0) is 4.31 Å². The monoisotopic (exact) mass is 166 g/mol. The van der Waals surface area contributed by atoms with Crippen molar-refractivity contribution in [3.8, 4) is 0 Å². The van der Waals surface area contributed by atoms with Crippen molar-refractivity contribution in [2.75, 3.05) is 12.3 Å². The van der Waals surface area contributed by atoms with Crippen LogP contribution in [0.3, 0.4) is 0 Å². The van der Waals surface area contributed by atoms with Gasteiger partial charge >= 0.3 is 0 Å². The third kappa shape index (κ3) is 8.82. The molecule has 2 atom stereocenters. The van der Waals surface area contributed by atoms with Crippen LogP contribution < -0.4 is 0 Å². The molecular formula is C6H16OP2. The van der Waals surface area contributed by atoms with E-state index in [1.165, 1.54) is 25.2 Å². The minimum atomic E-state index is 0.754. The first kappa shape index (κ1) is 9.82. The van der Waals surface area contributed by atoms with E-state index in [4.69, 9.17) is 4.31 Å². The van der Waals surface area contributed by atoms with E-state index in [-0.39, 0.29) is 0 Å². The molecule has 0 aliphatic rings. The maximum atomic E-state index is 5.37. The lowest BCUT2D eigenvalue weighted by Gasteiger charge is -1.99. The van der Waals surface area contributed by atoms with Crippen molar-refractivity contribution in [3.63, 3.8) is 0 Å². The zero-order chi connectivity index (χ0) is 6.95. The second-order valence-corrected chi connectivity index (χ2v) is 4.28. The van der Waals surface area contributed by atoms with Gasteiger partial charge in [0.1, 0.15) is 0 Å². The first-order valence-corrected chi connectivity index (χ1v) is 5.76. The van der Waals surface area contributed by atoms with Crippen molar-refractivity contribution in [1.29, 1.82) is 0 Å². The zero-order valence-electron chi connectivity index (χ0n) is 6.24. The standard InChI is InChI=1S/C6H16OP2/c1-3-5-8-7-9-6-4-2/h8-9H,3-6H2,1-2H3. The molecule has 0 amide bonds. The van der Waals surface area contributed by atoms with Gasteiger partial charge in [0.25, 0.3) is 0 Å². The van der Waals surface area contributed by atoms with Crippen LogP contribution in [0.2, 0.25) is 0 Å². The molecule has 2 unspecified atom stereocenters. The molecule has 1 nitrogen and oxygen atoms in total. The lowest BCUT2D eigenvalue weighted by Crippen LogP contribution is -1.71. The molecule has 0 heterocycles. The largest absolute Gasteiger partial charge is 0.344 e. The van der Waals surface area contributed by atoms with Gasteiger partial charge in [-0.3, -0.25) is 0 Å². The maximum Gasteiger partial charge on any atom is 0.0192 e. The molecule has 0 aliphatic carbocycles. The lowest BCUT2D eigenvalue weighted by atomic mass is 10.6. The molecule has 0 saturated heterocycles. The fourth-order valence-electron chi connectivity index (χ4n) is 0.357. The van der Waals surface area contributed by atoms with Gasteiger partial charge in [-0.1, -0.05) is 26.7 Å². The summed E-state index contributed by atoms with van der Waals surface area (Å²) in [5.41, 5.74) is 0. The van der Waals surface area contributed by atoms with E-state index >= 15 is 0 Å². The normalized spacial score (nSPS) is 12.7. The molecule has 3 heteroatoms. The van der Waals surface area contributed by atoms with Crippen molar-refractivity contribution >= 4 is 17.6 Å². The van der Waals surface area contributed by atoms with Gasteiger partial charge in [-0.15, -0.1) is 0 Å². The van der Waals surface area contributed by atoms with Crippen molar-refractivity contribution in [1.82, 2.24) is 0 Å². The molecule has 0 aromatic heterocycles. The Morgan fingerprint density at radius 2 is 1.44 bits per heavy atom. The lowest BCUT2D eigenvalue weighted by molar-refractivity contribution is 0.714. The highest BCUT2D eigenvalue weighted by atomic mass is 31.2. The quantitative estimate of drug-likeness (QED) is 0.435. The summed E-state index contributed by atoms with van der Waals surface area (Å²) in [6.45, 7) is 4.39. The Balaban J connectivity index is 2.60. The summed E-state index contributed by atoms with van der Waals surface area (Å²) < 4.78 is 5.37. The molecule has 0 radical (unpaired) electrons. The summed E-state index contributed by atoms with van der Waals surface area (Å²) in [4.78, 5) is 0. The van der Waals surface area contributed by atoms with Crippen LogP contribution in [-0.4, -0.2) is 12.3 Å². The van der Waals surface area contributed by atoms with Crippen molar-refractivity contribution in [3.05, 3.63) is 0 Å². The topological polar surface area (TPSA) is 9.23 Å². The van der Waals surface area contributed by atoms with Crippen LogP contribution in [0, 0.1) is 0 Å². The van der Waals surface area contributed by atoms with Crippen molar-refractivity contribution < 1.29 is 4.31 Å². The molecule has 0 fully saturated rings. The van der Waals surface area contributed by atoms with E-state index in [9.17, 15) is 0 Å². The summed E-state index contributed by atoms with van der Waals surface area (Å²) in [7, 11) is 1.51. The van der Waals surface area contributed by atoms with E-state index in [0.29, 0.717) is 0 Å². The second-order valence-electron chi connectivity index (χ2n) is 1.89. The molecule has 0 aromatic carbocycles. The molecule has 0 rings (SSSR count). The highest BCUT2D eigenvalue weighted by Crippen LogP contribution is 2.26. The van der Waals surface area contributed by atoms with Gasteiger partial charge in [0.15, 0.2) is 0 Å². The minimum absolute atomic E-state index is 0.754. The maximum absolute atomic E-state index is 5.37. The summed E-state index contributed by atoms with van der Waals surface area (Å²) in [5, 5.41) is 0. The van der Waals surface area contributed by atoms with Crippen LogP contribution in [0.5, 0.6) is 0 Å². The van der Waals surface area contributed by atoms with Crippen molar-refractivity contribution in [2.24, 2.45) is 0 Å². The summed E-state index contributed by atoms with van der Waals surface area (Å²) in [6, 6.07) is 0. The SMILES string of the molecule is CCCPOPCCC. The first-order chi connectivity index (χ1) is 4.41. The first-order valence-electron chi connectivity index (χ1n) is 3.53. The highest BCUT2D eigenvalue weighted by molar-refractivity contribution is 7.46. The van der Waals surface area contributed by atoms with Gasteiger partial charge in [-0.2, -0.15) is 0 Å². The highest BCUT2D eigenvalue weighted by Gasteiger charge is 1.84. The molecular weight excluding hydrogens is 150 g/mol. The third-order valence-corrected chi connectivity index (χ3v) is 3.41. The summed E-state index contributed by atoms with van der Waals surface area (Å²) in [6.07, 6.45) is 5.01. The Labute approximate surface area is 61.7 Å². The van der Waals surface area contributed by atoms with Gasteiger partial charge in [-0.05, 0) is 12.3 Å². The predicted octanol–water partition coefficient (Wildman–Crippen LogP) is 3.01. The van der Waals surface area contributed by atoms with Gasteiger partial charge in [0, 0.05) is 17.6 Å². The van der Waals surface area contributed by atoms with E-state index in [1.54, 1.807) is 0 Å². The molecule has 0 bridgehead atoms. The van der Waals surface area contributed by atoms with E-state index in [0.717, 1.165) is 17.6 Å². The molecule has 9 heavy (non-hydrogen) atoms. The van der Waals surface area contributed by atoms with Crippen LogP contribution in [0.4, 0.5) is 0 Å². The number of rotatable bonds is 6. The van der Waals surface area contributed by atoms with Crippen LogP contribution in [0.1, 0.15) is 26.7 Å². The van der Waals surface area contributed by atoms with Gasteiger partial charge in [0.05, 0.1) is 0 Å². The van der Waals surface area contributed by atoms with Gasteiger partial charge in [0.2, 0.25) is 0 Å². The Morgan fingerprint density at radius 1 is 1.00 bits per heavy atom. The Bertz CT molecular complexity index is 44.3. The fraction of sp³-hybridized carbons (Fsp3) is 1.00. The van der Waals surface area contributed by atoms with Crippen LogP contribution in [0.15, 0.2) is 0 Å². The Kier molecular flexibility index (Phi) is 9.62. The average molecular weight is 166 g/mol. The summed E-state index contributed by atoms with van der Waals surface area (Å²) >= 11 is 0. The van der Waals surface area contributed by atoms with Gasteiger partial charge < -0.3 is 4.31 Å². The molecule has 0 aromatic rings. The fourth-order valence-corrected chi connectivity index (χ4v) is 1.99. The third-order valence-electron chi connectivity index (χ3n) is 0.848. The smallest absolute Gasteiger partial charge is 0.0192 e. The Hall–Kier alpha value is 0.820. The number of hydrogen-bond donors (Lipinski definition) is 0. The molecule has 56 valence electrons. The zero-order valence-corrected chi connectivity index (χ0v) is 8.24. The Morgan fingerprint density at radius 3 is 1.78 bits per heavy atom. The second kappa shape index (κ2) is 8.82. The number of hydrogen-bond acceptors (Lipinski definition) is 1. The van der Waals surface area contributed by atoms with Crippen LogP contribution >= 0.6 is 17.6 Å². The van der Waals surface area contributed by atoms with Gasteiger partial charge in [-0.25, -0.2) is 0 Å². The van der Waals surface area contributed by atoms with E-state index < -0.39 is 0 Å². The van der Waals surface area contributed by atoms with E-state index in [2.05, 4.69) is 13.8 Å². The van der Waals surface area contributed by atoms with Crippen molar-refractivity contribution in [2.45, 2.75) is 26.7 Å². The molecule has 0 saturated carbocycles. The summed E-state index contributed by atoms with van der Waals surface area (Å²) in [5.74, 6) is 0. The van der Waals surface area contributed by atoms with E-state index in [1.807, 2.05) is 0 Å².